The Labute approximate surface area is 133 Å². The van der Waals surface area contributed by atoms with Gasteiger partial charge in [-0.15, -0.1) is 11.8 Å². The van der Waals surface area contributed by atoms with E-state index in [0.29, 0.717) is 5.56 Å². The maximum atomic E-state index is 11.8. The van der Waals surface area contributed by atoms with Gasteiger partial charge in [-0.25, -0.2) is 4.79 Å². The molecule has 120 valence electrons. The van der Waals surface area contributed by atoms with Crippen LogP contribution < -0.4 is 5.32 Å². The van der Waals surface area contributed by atoms with Gasteiger partial charge in [0.2, 0.25) is 5.91 Å². The van der Waals surface area contributed by atoms with Crippen LogP contribution in [-0.2, 0) is 14.3 Å². The predicted molar refractivity (Wildman–Crippen MR) is 84.2 cm³/mol. The number of rotatable bonds is 10. The van der Waals surface area contributed by atoms with Crippen molar-refractivity contribution in [3.8, 4) is 0 Å². The second-order valence-electron chi connectivity index (χ2n) is 4.52. The number of aliphatic carboxylic acids is 1. The maximum Gasteiger partial charge on any atom is 0.326 e. The molecule has 0 saturated carbocycles. The summed E-state index contributed by atoms with van der Waals surface area (Å²) >= 11 is 1.16. The zero-order valence-corrected chi connectivity index (χ0v) is 13.1. The summed E-state index contributed by atoms with van der Waals surface area (Å²) in [5, 5.41) is 11.4. The molecule has 0 fully saturated rings. The van der Waals surface area contributed by atoms with Crippen LogP contribution in [0.1, 0.15) is 16.8 Å². The van der Waals surface area contributed by atoms with Crippen LogP contribution in [0.4, 0.5) is 0 Å². The third-order valence-electron chi connectivity index (χ3n) is 2.81. The molecule has 1 amide bonds. The van der Waals surface area contributed by atoms with Crippen molar-refractivity contribution >= 4 is 29.4 Å². The lowest BCUT2D eigenvalue weighted by Crippen LogP contribution is -2.42. The minimum Gasteiger partial charge on any atom is -0.480 e. The first-order valence-corrected chi connectivity index (χ1v) is 7.87. The molecule has 0 radical (unpaired) electrons. The summed E-state index contributed by atoms with van der Waals surface area (Å²) < 4.78 is 4.80. The minimum absolute atomic E-state index is 0.0370. The number of hydrogen-bond acceptors (Lipinski definition) is 5. The lowest BCUT2D eigenvalue weighted by molar-refractivity contribution is -0.142. The van der Waals surface area contributed by atoms with Crippen LogP contribution >= 0.6 is 11.8 Å². The molecule has 0 aliphatic carbocycles. The molecule has 2 N–H and O–H groups in total. The summed E-state index contributed by atoms with van der Waals surface area (Å²) in [6.45, 7) is 0.247. The Morgan fingerprint density at radius 2 is 1.91 bits per heavy atom. The Morgan fingerprint density at radius 1 is 1.23 bits per heavy atom. The number of benzene rings is 1. The summed E-state index contributed by atoms with van der Waals surface area (Å²) in [4.78, 5) is 34.5. The lowest BCUT2D eigenvalue weighted by Gasteiger charge is -2.13. The fraction of sp³-hybridized carbons (Fsp3) is 0.400. The number of thioether (sulfide) groups is 1. The first-order valence-electron chi connectivity index (χ1n) is 6.71. The van der Waals surface area contributed by atoms with Crippen molar-refractivity contribution in [2.75, 3.05) is 25.2 Å². The molecule has 7 heteroatoms. The van der Waals surface area contributed by atoms with E-state index in [-0.39, 0.29) is 30.3 Å². The highest BCUT2D eigenvalue weighted by Gasteiger charge is 2.19. The number of carbonyl (C=O) groups excluding carboxylic acids is 2. The largest absolute Gasteiger partial charge is 0.480 e. The number of ketones is 1. The molecule has 22 heavy (non-hydrogen) atoms. The number of carboxylic acid groups (broad SMARTS) is 1. The SMILES string of the molecule is COCCC(NC(=O)CSCC(=O)c1ccccc1)C(=O)O. The van der Waals surface area contributed by atoms with Gasteiger partial charge in [0.1, 0.15) is 6.04 Å². The van der Waals surface area contributed by atoms with Crippen LogP contribution in [0.2, 0.25) is 0 Å². The van der Waals surface area contributed by atoms with Gasteiger partial charge in [0.05, 0.1) is 11.5 Å². The summed E-state index contributed by atoms with van der Waals surface area (Å²) in [7, 11) is 1.46. The van der Waals surface area contributed by atoms with E-state index in [9.17, 15) is 14.4 Å². The van der Waals surface area contributed by atoms with Crippen molar-refractivity contribution in [1.82, 2.24) is 5.32 Å². The quantitative estimate of drug-likeness (QED) is 0.628. The molecule has 0 heterocycles. The van der Waals surface area contributed by atoms with Crippen LogP contribution in [0, 0.1) is 0 Å². The Bertz CT molecular complexity index is 506. The van der Waals surface area contributed by atoms with E-state index in [4.69, 9.17) is 9.84 Å². The van der Waals surface area contributed by atoms with Crippen molar-refractivity contribution in [3.63, 3.8) is 0 Å². The van der Waals surface area contributed by atoms with Crippen LogP contribution in [0.5, 0.6) is 0 Å². The van der Waals surface area contributed by atoms with Gasteiger partial charge in [0.25, 0.3) is 0 Å². The number of methoxy groups -OCH3 is 1. The van der Waals surface area contributed by atoms with Crippen molar-refractivity contribution in [3.05, 3.63) is 35.9 Å². The molecule has 0 bridgehead atoms. The maximum absolute atomic E-state index is 11.8. The molecule has 1 rings (SSSR count). The normalized spacial score (nSPS) is 11.7. The van der Waals surface area contributed by atoms with E-state index in [1.807, 2.05) is 6.07 Å². The number of ether oxygens (including phenoxy) is 1. The predicted octanol–water partition coefficient (Wildman–Crippen LogP) is 1.21. The molecule has 1 aromatic rings. The monoisotopic (exact) mass is 325 g/mol. The first-order chi connectivity index (χ1) is 10.5. The summed E-state index contributed by atoms with van der Waals surface area (Å²) in [5.41, 5.74) is 0.596. The van der Waals surface area contributed by atoms with Crippen LogP contribution in [0.3, 0.4) is 0 Å². The Kier molecular flexibility index (Phi) is 8.24. The van der Waals surface area contributed by atoms with Gasteiger partial charge < -0.3 is 15.2 Å². The second kappa shape index (κ2) is 9.97. The summed E-state index contributed by atoms with van der Waals surface area (Å²) in [6.07, 6.45) is 0.200. The van der Waals surface area contributed by atoms with Gasteiger partial charge in [-0.2, -0.15) is 0 Å². The molecule has 0 aromatic heterocycles. The molecule has 0 spiro atoms. The minimum atomic E-state index is -1.10. The van der Waals surface area contributed by atoms with Gasteiger partial charge in [0, 0.05) is 25.7 Å². The Hall–Kier alpha value is -1.86. The number of amides is 1. The van der Waals surface area contributed by atoms with Gasteiger partial charge >= 0.3 is 5.97 Å². The summed E-state index contributed by atoms with van der Waals surface area (Å²) in [6, 6.07) is 7.83. The highest BCUT2D eigenvalue weighted by atomic mass is 32.2. The molecule has 1 unspecified atom stereocenters. The second-order valence-corrected chi connectivity index (χ2v) is 5.51. The number of hydrogen-bond donors (Lipinski definition) is 2. The third-order valence-corrected chi connectivity index (χ3v) is 3.74. The fourth-order valence-electron chi connectivity index (χ4n) is 1.67. The third kappa shape index (κ3) is 6.73. The van der Waals surface area contributed by atoms with Crippen molar-refractivity contribution in [2.24, 2.45) is 0 Å². The van der Waals surface area contributed by atoms with E-state index in [0.717, 1.165) is 11.8 Å². The lowest BCUT2D eigenvalue weighted by atomic mass is 10.2. The average Bonchev–Trinajstić information content (AvgIpc) is 2.51. The molecular formula is C15H19NO5S. The summed E-state index contributed by atoms with van der Waals surface area (Å²) in [5.74, 6) is -1.36. The average molecular weight is 325 g/mol. The van der Waals surface area contributed by atoms with Gasteiger partial charge in [-0.1, -0.05) is 30.3 Å². The van der Waals surface area contributed by atoms with Crippen LogP contribution in [0.15, 0.2) is 30.3 Å². The highest BCUT2D eigenvalue weighted by molar-refractivity contribution is 8.00. The molecule has 0 aliphatic rings. The molecule has 0 saturated heterocycles. The molecular weight excluding hydrogens is 306 g/mol. The molecule has 0 aliphatic heterocycles. The van der Waals surface area contributed by atoms with Crippen LogP contribution in [0.25, 0.3) is 0 Å². The first kappa shape index (κ1) is 18.2. The topological polar surface area (TPSA) is 92.7 Å². The number of Topliss-reactive ketones (excluding diaryl/α,β-unsaturated/α-hetero) is 1. The van der Waals surface area contributed by atoms with Crippen LogP contribution in [-0.4, -0.2) is 54.0 Å². The Morgan fingerprint density at radius 3 is 2.50 bits per heavy atom. The molecule has 1 atom stereocenters. The zero-order valence-electron chi connectivity index (χ0n) is 12.3. The van der Waals surface area contributed by atoms with E-state index in [1.165, 1.54) is 7.11 Å². The fourth-order valence-corrected chi connectivity index (χ4v) is 2.40. The van der Waals surface area contributed by atoms with E-state index < -0.39 is 17.9 Å². The van der Waals surface area contributed by atoms with Crippen molar-refractivity contribution in [1.29, 1.82) is 0 Å². The number of carbonyl (C=O) groups is 3. The van der Waals surface area contributed by atoms with E-state index in [2.05, 4.69) is 5.32 Å². The standard InChI is InChI=1S/C15H19NO5S/c1-21-8-7-12(15(19)20)16-14(18)10-22-9-13(17)11-5-3-2-4-6-11/h2-6,12H,7-10H2,1H3,(H,16,18)(H,19,20). The van der Waals surface area contributed by atoms with Gasteiger partial charge in [-0.3, -0.25) is 9.59 Å². The van der Waals surface area contributed by atoms with E-state index in [1.54, 1.807) is 24.3 Å². The number of carboxylic acids is 1. The smallest absolute Gasteiger partial charge is 0.326 e. The molecule has 1 aromatic carbocycles. The number of nitrogens with one attached hydrogen (secondary N) is 1. The van der Waals surface area contributed by atoms with Crippen molar-refractivity contribution in [2.45, 2.75) is 12.5 Å². The highest BCUT2D eigenvalue weighted by Crippen LogP contribution is 2.07. The van der Waals surface area contributed by atoms with E-state index >= 15 is 0 Å². The zero-order chi connectivity index (χ0) is 16.4. The van der Waals surface area contributed by atoms with Gasteiger partial charge in [0.15, 0.2) is 5.78 Å². The van der Waals surface area contributed by atoms with Gasteiger partial charge in [-0.05, 0) is 0 Å². The Balaban J connectivity index is 2.33. The van der Waals surface area contributed by atoms with Crippen molar-refractivity contribution < 1.29 is 24.2 Å². The molecule has 6 nitrogen and oxygen atoms in total.